The number of aliphatic hydroxyl groups is 1. The Balaban J connectivity index is 1.42. The molecule has 1 saturated heterocycles. The maximum absolute atomic E-state index is 12.7. The van der Waals surface area contributed by atoms with E-state index in [0.29, 0.717) is 37.6 Å². The maximum Gasteiger partial charge on any atom is 0.274 e. The lowest BCUT2D eigenvalue weighted by atomic mass is 10.0. The van der Waals surface area contributed by atoms with E-state index < -0.39 is 5.60 Å². The number of rotatable bonds is 6. The van der Waals surface area contributed by atoms with Crippen LogP contribution in [0.15, 0.2) is 84.2 Å². The zero-order valence-electron chi connectivity index (χ0n) is 24.4. The van der Waals surface area contributed by atoms with Crippen LogP contribution < -0.4 is 10.5 Å². The van der Waals surface area contributed by atoms with Crippen LogP contribution in [0.2, 0.25) is 0 Å². The van der Waals surface area contributed by atoms with Crippen molar-refractivity contribution in [2.24, 2.45) is 7.05 Å². The molecule has 0 aliphatic carbocycles. The number of morpholine rings is 1. The van der Waals surface area contributed by atoms with Gasteiger partial charge in [0, 0.05) is 48.5 Å². The zero-order valence-corrected chi connectivity index (χ0v) is 24.4. The SMILES string of the molecule is Cn1cc(-c2ccc3nc(-c4cnn(CC(C)(C)O)c4)nc(N4CCOC[C@@H]4c4ccccc4)c3c2)c2cc[nH]c2c1=O. The second-order valence-corrected chi connectivity index (χ2v) is 11.8. The topological polar surface area (TPSA) is 114 Å². The van der Waals surface area contributed by atoms with Crippen molar-refractivity contribution in [2.45, 2.75) is 32.0 Å². The number of ether oxygens (including phenoxy) is 1. The third-order valence-electron chi connectivity index (χ3n) is 7.91. The van der Waals surface area contributed by atoms with Crippen LogP contribution in [0.1, 0.15) is 25.5 Å². The molecule has 0 amide bonds. The fraction of sp³-hybridized carbons (Fsp3) is 0.273. The van der Waals surface area contributed by atoms with Crippen molar-refractivity contribution in [3.05, 3.63) is 95.3 Å². The molecule has 2 aromatic carbocycles. The number of nitrogens with one attached hydrogen (secondary N) is 1. The summed E-state index contributed by atoms with van der Waals surface area (Å²) in [6.45, 7) is 5.64. The van der Waals surface area contributed by atoms with E-state index in [2.05, 4.69) is 33.2 Å². The summed E-state index contributed by atoms with van der Waals surface area (Å²) >= 11 is 0. The van der Waals surface area contributed by atoms with Crippen LogP contribution in [-0.4, -0.2) is 59.8 Å². The van der Waals surface area contributed by atoms with E-state index in [0.717, 1.165) is 44.4 Å². The minimum Gasteiger partial charge on any atom is -0.389 e. The van der Waals surface area contributed by atoms with Crippen LogP contribution in [-0.2, 0) is 18.3 Å². The number of aromatic nitrogens is 6. The second-order valence-electron chi connectivity index (χ2n) is 11.8. The van der Waals surface area contributed by atoms with E-state index >= 15 is 0 Å². The van der Waals surface area contributed by atoms with Gasteiger partial charge in [-0.2, -0.15) is 5.10 Å². The van der Waals surface area contributed by atoms with Crippen molar-refractivity contribution >= 4 is 27.6 Å². The molecule has 1 atom stereocenters. The van der Waals surface area contributed by atoms with Gasteiger partial charge in [-0.25, -0.2) is 9.97 Å². The Morgan fingerprint density at radius 2 is 1.88 bits per heavy atom. The molecule has 10 heteroatoms. The number of benzene rings is 2. The molecular weight excluding hydrogens is 542 g/mol. The molecule has 1 aliphatic heterocycles. The van der Waals surface area contributed by atoms with Crippen LogP contribution in [0.25, 0.3) is 44.3 Å². The van der Waals surface area contributed by atoms with Crippen LogP contribution >= 0.6 is 0 Å². The summed E-state index contributed by atoms with van der Waals surface area (Å²) in [7, 11) is 1.77. The Bertz CT molecular complexity index is 2000. The lowest BCUT2D eigenvalue weighted by molar-refractivity contribution is 0.0577. The summed E-state index contributed by atoms with van der Waals surface area (Å²) in [5.74, 6) is 1.37. The number of nitrogens with zero attached hydrogens (tertiary/aromatic N) is 6. The Hall–Kier alpha value is -4.80. The third-order valence-corrected chi connectivity index (χ3v) is 7.91. The van der Waals surface area contributed by atoms with Crippen LogP contribution in [0.5, 0.6) is 0 Å². The summed E-state index contributed by atoms with van der Waals surface area (Å²) in [5, 5.41) is 16.6. The van der Waals surface area contributed by atoms with Gasteiger partial charge in [0.15, 0.2) is 5.82 Å². The van der Waals surface area contributed by atoms with Gasteiger partial charge >= 0.3 is 0 Å². The molecule has 218 valence electrons. The van der Waals surface area contributed by atoms with Crippen LogP contribution in [0, 0.1) is 0 Å². The normalized spacial score (nSPS) is 15.9. The van der Waals surface area contributed by atoms with Gasteiger partial charge < -0.3 is 24.3 Å². The van der Waals surface area contributed by atoms with Gasteiger partial charge in [0.05, 0.1) is 48.7 Å². The van der Waals surface area contributed by atoms with E-state index in [-0.39, 0.29) is 11.6 Å². The van der Waals surface area contributed by atoms with Gasteiger partial charge in [-0.15, -0.1) is 0 Å². The highest BCUT2D eigenvalue weighted by Crippen LogP contribution is 2.37. The third kappa shape index (κ3) is 5.09. The lowest BCUT2D eigenvalue weighted by Gasteiger charge is -2.37. The first-order chi connectivity index (χ1) is 20.7. The summed E-state index contributed by atoms with van der Waals surface area (Å²) in [4.78, 5) is 28.3. The Morgan fingerprint density at radius 1 is 1.05 bits per heavy atom. The number of pyridine rings is 1. The molecule has 0 spiro atoms. The lowest BCUT2D eigenvalue weighted by Crippen LogP contribution is -2.40. The fourth-order valence-electron chi connectivity index (χ4n) is 5.90. The van der Waals surface area contributed by atoms with Crippen LogP contribution in [0.3, 0.4) is 0 Å². The Kier molecular flexibility index (Phi) is 6.60. The average Bonchev–Trinajstić information content (AvgIpc) is 3.68. The average molecular weight is 576 g/mol. The highest BCUT2D eigenvalue weighted by molar-refractivity contribution is 5.99. The number of anilines is 1. The molecule has 10 nitrogen and oxygen atoms in total. The second kappa shape index (κ2) is 10.5. The Morgan fingerprint density at radius 3 is 2.70 bits per heavy atom. The molecule has 43 heavy (non-hydrogen) atoms. The predicted molar refractivity (Wildman–Crippen MR) is 167 cm³/mol. The van der Waals surface area contributed by atoms with Gasteiger partial charge in [-0.1, -0.05) is 36.4 Å². The largest absolute Gasteiger partial charge is 0.389 e. The number of H-pyrrole nitrogens is 1. The molecule has 0 bridgehead atoms. The number of fused-ring (bicyclic) bond motifs is 2. The van der Waals surface area contributed by atoms with Crippen molar-refractivity contribution in [2.75, 3.05) is 24.7 Å². The Labute approximate surface area is 248 Å². The number of hydrogen-bond donors (Lipinski definition) is 2. The van der Waals surface area contributed by atoms with Crippen molar-refractivity contribution in [3.63, 3.8) is 0 Å². The minimum absolute atomic E-state index is 0.0311. The monoisotopic (exact) mass is 575 g/mol. The molecule has 6 aromatic rings. The smallest absolute Gasteiger partial charge is 0.274 e. The molecule has 1 fully saturated rings. The van der Waals surface area contributed by atoms with Crippen molar-refractivity contribution in [1.29, 1.82) is 0 Å². The van der Waals surface area contributed by atoms with E-state index in [1.165, 1.54) is 0 Å². The molecule has 1 aliphatic rings. The first-order valence-electron chi connectivity index (χ1n) is 14.4. The summed E-state index contributed by atoms with van der Waals surface area (Å²) in [5.41, 5.74) is 4.24. The van der Waals surface area contributed by atoms with Gasteiger partial charge in [0.2, 0.25) is 0 Å². The molecule has 0 unspecified atom stereocenters. The van der Waals surface area contributed by atoms with E-state index in [9.17, 15) is 9.90 Å². The van der Waals surface area contributed by atoms with Crippen molar-refractivity contribution in [1.82, 2.24) is 29.3 Å². The first-order valence-corrected chi connectivity index (χ1v) is 14.4. The maximum atomic E-state index is 12.7. The highest BCUT2D eigenvalue weighted by Gasteiger charge is 2.28. The highest BCUT2D eigenvalue weighted by atomic mass is 16.5. The molecule has 5 heterocycles. The van der Waals surface area contributed by atoms with Gasteiger partial charge in [-0.3, -0.25) is 9.48 Å². The number of aryl methyl sites for hydroxylation is 1. The van der Waals surface area contributed by atoms with E-state index in [1.807, 2.05) is 48.8 Å². The molecule has 0 radical (unpaired) electrons. The van der Waals surface area contributed by atoms with Gasteiger partial charge in [0.25, 0.3) is 5.56 Å². The predicted octanol–water partition coefficient (Wildman–Crippen LogP) is 4.69. The molecule has 4 aromatic heterocycles. The van der Waals surface area contributed by atoms with Crippen molar-refractivity contribution in [3.8, 4) is 22.5 Å². The van der Waals surface area contributed by atoms with Gasteiger partial charge in [0.1, 0.15) is 11.3 Å². The minimum atomic E-state index is -0.905. The molecular formula is C33H33N7O3. The number of aromatic amines is 1. The van der Waals surface area contributed by atoms with E-state index in [4.69, 9.17) is 14.7 Å². The van der Waals surface area contributed by atoms with E-state index in [1.54, 1.807) is 42.5 Å². The standard InChI is InChI=1S/C33H33N7O3/c1-33(2,42)20-39-17-23(16-35-39)30-36-27-10-9-22(26-18-38(3)32(41)29-24(26)11-12-34-29)15-25(27)31(37-30)40-13-14-43-19-28(40)21-7-5-4-6-8-21/h4-12,15-18,28,34,42H,13-14,19-20H2,1-3H3/t28-/m1/s1. The molecule has 7 rings (SSSR count). The van der Waals surface area contributed by atoms with Gasteiger partial charge in [-0.05, 0) is 43.2 Å². The van der Waals surface area contributed by atoms with Crippen molar-refractivity contribution < 1.29 is 9.84 Å². The first kappa shape index (κ1) is 27.1. The summed E-state index contributed by atoms with van der Waals surface area (Å²) in [6, 6.07) is 18.4. The van der Waals surface area contributed by atoms with Crippen LogP contribution in [0.4, 0.5) is 5.82 Å². The zero-order chi connectivity index (χ0) is 29.7. The summed E-state index contributed by atoms with van der Waals surface area (Å²) < 4.78 is 9.29. The summed E-state index contributed by atoms with van der Waals surface area (Å²) in [6.07, 6.45) is 7.30. The molecule has 0 saturated carbocycles. The number of hydrogen-bond acceptors (Lipinski definition) is 7. The molecule has 2 N–H and O–H groups in total. The fourth-order valence-corrected chi connectivity index (χ4v) is 5.90. The quantitative estimate of drug-likeness (QED) is 0.296.